The molecule has 0 aliphatic heterocycles. The average Bonchev–Trinajstić information content (AvgIpc) is 2.50. The molecule has 22 heavy (non-hydrogen) atoms. The molecule has 0 spiro atoms. The van der Waals surface area contributed by atoms with Crippen molar-refractivity contribution in [3.05, 3.63) is 0 Å². The Bertz CT molecular complexity index is 228. The first-order chi connectivity index (χ1) is 10.8. The molecule has 0 saturated carbocycles. The number of rotatable bonds is 18. The lowest BCUT2D eigenvalue weighted by Crippen LogP contribution is -2.06. The van der Waals surface area contributed by atoms with Crippen LogP contribution in [0.3, 0.4) is 0 Å². The van der Waals surface area contributed by atoms with E-state index in [0.29, 0.717) is 4.99 Å². The predicted molar refractivity (Wildman–Crippen MR) is 106 cm³/mol. The van der Waals surface area contributed by atoms with E-state index >= 15 is 0 Å². The van der Waals surface area contributed by atoms with Crippen LogP contribution in [0.2, 0.25) is 0 Å². The van der Waals surface area contributed by atoms with Crippen molar-refractivity contribution >= 4 is 17.2 Å². The van der Waals surface area contributed by atoms with Gasteiger partial charge in [-0.15, -0.1) is 0 Å². The summed E-state index contributed by atoms with van der Waals surface area (Å²) in [5.41, 5.74) is 5.49. The molecule has 0 aliphatic rings. The van der Waals surface area contributed by atoms with Crippen molar-refractivity contribution in [2.75, 3.05) is 0 Å². The maximum absolute atomic E-state index is 5.49. The number of hydrogen-bond acceptors (Lipinski definition) is 1. The molecule has 0 aromatic carbocycles. The first-order valence-electron chi connectivity index (χ1n) is 10.1. The molecule has 0 aromatic heterocycles. The zero-order valence-corrected chi connectivity index (χ0v) is 16.0. The number of thiocarbonyl (C=S) groups is 1. The second kappa shape index (κ2) is 18.9. The fourth-order valence-electron chi connectivity index (χ4n) is 3.02. The van der Waals surface area contributed by atoms with Crippen molar-refractivity contribution in [2.24, 2.45) is 5.73 Å². The largest absolute Gasteiger partial charge is 0.393 e. The van der Waals surface area contributed by atoms with Crippen LogP contribution < -0.4 is 5.73 Å². The van der Waals surface area contributed by atoms with Crippen LogP contribution in [0, 0.1) is 0 Å². The number of hydrogen-bond donors (Lipinski definition) is 1. The zero-order valence-electron chi connectivity index (χ0n) is 15.2. The van der Waals surface area contributed by atoms with Gasteiger partial charge in [-0.25, -0.2) is 0 Å². The molecule has 0 unspecified atom stereocenters. The summed E-state index contributed by atoms with van der Waals surface area (Å²) in [5, 5.41) is 0. The van der Waals surface area contributed by atoms with Crippen LogP contribution in [-0.2, 0) is 0 Å². The Hall–Kier alpha value is -0.110. The van der Waals surface area contributed by atoms with Gasteiger partial charge in [-0.2, -0.15) is 0 Å². The van der Waals surface area contributed by atoms with Gasteiger partial charge in [0.2, 0.25) is 0 Å². The van der Waals surface area contributed by atoms with Gasteiger partial charge in [-0.1, -0.05) is 122 Å². The highest BCUT2D eigenvalue weighted by molar-refractivity contribution is 7.80. The van der Waals surface area contributed by atoms with E-state index in [2.05, 4.69) is 6.92 Å². The highest BCUT2D eigenvalue weighted by atomic mass is 32.1. The molecule has 0 atom stereocenters. The van der Waals surface area contributed by atoms with Gasteiger partial charge in [0.1, 0.15) is 0 Å². The summed E-state index contributed by atoms with van der Waals surface area (Å²) in [6.45, 7) is 2.29. The Morgan fingerprint density at radius 1 is 0.545 bits per heavy atom. The molecule has 0 rings (SSSR count). The molecule has 0 heterocycles. The lowest BCUT2D eigenvalue weighted by molar-refractivity contribution is 0.528. The Balaban J connectivity index is 2.95. The smallest absolute Gasteiger partial charge is 0.0727 e. The Labute approximate surface area is 145 Å². The summed E-state index contributed by atoms with van der Waals surface area (Å²) in [5.74, 6) is 0. The average molecular weight is 328 g/mol. The first kappa shape index (κ1) is 21.9. The van der Waals surface area contributed by atoms with Gasteiger partial charge in [-0.3, -0.25) is 0 Å². The highest BCUT2D eigenvalue weighted by Gasteiger charge is 1.95. The lowest BCUT2D eigenvalue weighted by atomic mass is 10.0. The number of nitrogens with two attached hydrogens (primary N) is 1. The number of unbranched alkanes of at least 4 members (excludes halogenated alkanes) is 16. The van der Waals surface area contributed by atoms with Crippen LogP contribution in [0.1, 0.15) is 122 Å². The van der Waals surface area contributed by atoms with Crippen molar-refractivity contribution in [1.29, 1.82) is 0 Å². The van der Waals surface area contributed by atoms with Crippen molar-refractivity contribution in [1.82, 2.24) is 0 Å². The highest BCUT2D eigenvalue weighted by Crippen LogP contribution is 2.14. The van der Waals surface area contributed by atoms with Crippen molar-refractivity contribution in [3.8, 4) is 0 Å². The van der Waals surface area contributed by atoms with Crippen LogP contribution >= 0.6 is 12.2 Å². The first-order valence-corrected chi connectivity index (χ1v) is 10.5. The fourth-order valence-corrected chi connectivity index (χ4v) is 3.17. The van der Waals surface area contributed by atoms with E-state index < -0.39 is 0 Å². The van der Waals surface area contributed by atoms with Gasteiger partial charge in [0, 0.05) is 0 Å². The molecule has 0 saturated heterocycles. The molecule has 1 nitrogen and oxygen atoms in total. The van der Waals surface area contributed by atoms with E-state index in [1.807, 2.05) is 0 Å². The van der Waals surface area contributed by atoms with Crippen molar-refractivity contribution in [2.45, 2.75) is 122 Å². The van der Waals surface area contributed by atoms with Crippen LogP contribution in [-0.4, -0.2) is 4.99 Å². The summed E-state index contributed by atoms with van der Waals surface area (Å²) < 4.78 is 0. The van der Waals surface area contributed by atoms with Crippen LogP contribution in [0.25, 0.3) is 0 Å². The molecule has 2 N–H and O–H groups in total. The molecule has 0 radical (unpaired) electrons. The summed E-state index contributed by atoms with van der Waals surface area (Å²) in [4.78, 5) is 0.681. The summed E-state index contributed by atoms with van der Waals surface area (Å²) in [6.07, 6.45) is 25.0. The predicted octanol–water partition coefficient (Wildman–Crippen LogP) is 7.31. The molecule has 132 valence electrons. The van der Waals surface area contributed by atoms with E-state index in [9.17, 15) is 0 Å². The quantitative estimate of drug-likeness (QED) is 0.211. The fraction of sp³-hybridized carbons (Fsp3) is 0.950. The minimum absolute atomic E-state index is 0.681. The van der Waals surface area contributed by atoms with Gasteiger partial charge >= 0.3 is 0 Å². The Morgan fingerprint density at radius 2 is 0.818 bits per heavy atom. The van der Waals surface area contributed by atoms with E-state index in [0.717, 1.165) is 6.42 Å². The molecular weight excluding hydrogens is 286 g/mol. The maximum Gasteiger partial charge on any atom is 0.0727 e. The van der Waals surface area contributed by atoms with E-state index in [1.165, 1.54) is 109 Å². The second-order valence-corrected chi connectivity index (χ2v) is 7.40. The summed E-state index contributed by atoms with van der Waals surface area (Å²) in [7, 11) is 0. The van der Waals surface area contributed by atoms with Gasteiger partial charge < -0.3 is 5.73 Å². The zero-order chi connectivity index (χ0) is 16.3. The standard InChI is InChI=1S/C20H41NS/c1-2-3-4-5-6-7-8-9-10-11-12-13-14-15-16-17-18-19-20(21)22/h2-19H2,1H3,(H2,21,22). The van der Waals surface area contributed by atoms with Gasteiger partial charge in [0.15, 0.2) is 0 Å². The molecule has 2 heteroatoms. The second-order valence-electron chi connectivity index (χ2n) is 6.87. The summed E-state index contributed by atoms with van der Waals surface area (Å²) in [6, 6.07) is 0. The molecule has 0 bridgehead atoms. The Kier molecular flexibility index (Phi) is 18.8. The molecule has 0 amide bonds. The van der Waals surface area contributed by atoms with Crippen molar-refractivity contribution in [3.63, 3.8) is 0 Å². The lowest BCUT2D eigenvalue weighted by Gasteiger charge is -2.03. The van der Waals surface area contributed by atoms with Crippen LogP contribution in [0.5, 0.6) is 0 Å². The molecule has 0 aliphatic carbocycles. The third-order valence-corrected chi connectivity index (χ3v) is 4.73. The van der Waals surface area contributed by atoms with E-state index in [-0.39, 0.29) is 0 Å². The maximum atomic E-state index is 5.49. The third-order valence-electron chi connectivity index (χ3n) is 4.53. The molecular formula is C20H41NS. The van der Waals surface area contributed by atoms with Gasteiger partial charge in [-0.05, 0) is 12.8 Å². The molecule has 0 aromatic rings. The van der Waals surface area contributed by atoms with Crippen molar-refractivity contribution < 1.29 is 0 Å². The SMILES string of the molecule is CCCCCCCCCCCCCCCCCCCC(N)=S. The normalized spacial score (nSPS) is 11.0. The van der Waals surface area contributed by atoms with Crippen LogP contribution in [0.4, 0.5) is 0 Å². The third kappa shape index (κ3) is 19.9. The minimum atomic E-state index is 0.681. The van der Waals surface area contributed by atoms with Gasteiger partial charge in [0.25, 0.3) is 0 Å². The minimum Gasteiger partial charge on any atom is -0.393 e. The Morgan fingerprint density at radius 3 is 1.09 bits per heavy atom. The van der Waals surface area contributed by atoms with Crippen LogP contribution in [0.15, 0.2) is 0 Å². The van der Waals surface area contributed by atoms with Gasteiger partial charge in [0.05, 0.1) is 4.99 Å². The van der Waals surface area contributed by atoms with E-state index in [4.69, 9.17) is 18.0 Å². The monoisotopic (exact) mass is 327 g/mol. The summed E-state index contributed by atoms with van der Waals surface area (Å²) >= 11 is 4.88. The van der Waals surface area contributed by atoms with E-state index in [1.54, 1.807) is 0 Å². The molecule has 0 fully saturated rings. The topological polar surface area (TPSA) is 26.0 Å².